The van der Waals surface area contributed by atoms with Gasteiger partial charge in [0.05, 0.1) is 11.9 Å². The number of rotatable bonds is 5. The number of nitrogens with zero attached hydrogens (tertiary/aromatic N) is 2. The molecule has 134 valence electrons. The fourth-order valence-electron chi connectivity index (χ4n) is 2.25. The van der Waals surface area contributed by atoms with Crippen LogP contribution in [0.25, 0.3) is 0 Å². The highest BCUT2D eigenvalue weighted by molar-refractivity contribution is 9.10. The number of nitrogens with one attached hydrogen (secondary N) is 2. The summed E-state index contributed by atoms with van der Waals surface area (Å²) in [4.78, 5) is 28.6. The normalized spacial score (nSPS) is 10.6. The van der Waals surface area contributed by atoms with Crippen LogP contribution in [0.3, 0.4) is 0 Å². The van der Waals surface area contributed by atoms with E-state index in [4.69, 9.17) is 0 Å². The molecule has 0 bridgehead atoms. The Kier molecular flexibility index (Phi) is 6.06. The molecule has 1 aromatic heterocycles. The van der Waals surface area contributed by atoms with Crippen LogP contribution in [-0.2, 0) is 0 Å². The minimum atomic E-state index is -0.388. The first-order valence-corrected chi connectivity index (χ1v) is 8.82. The molecule has 0 saturated carbocycles. The van der Waals surface area contributed by atoms with Crippen LogP contribution in [0.5, 0.6) is 0 Å². The molecule has 2 aromatic carbocycles. The predicted molar refractivity (Wildman–Crippen MR) is 108 cm³/mol. The zero-order valence-electron chi connectivity index (χ0n) is 14.1. The van der Waals surface area contributed by atoms with Gasteiger partial charge in [0.1, 0.15) is 0 Å². The molecule has 0 aliphatic carbocycles. The first-order chi connectivity index (χ1) is 13.1. The number of pyridine rings is 1. The largest absolute Gasteiger partial charge is 0.322 e. The fraction of sp³-hybridized carbons (Fsp3) is 0. The summed E-state index contributed by atoms with van der Waals surface area (Å²) >= 11 is 3.34. The summed E-state index contributed by atoms with van der Waals surface area (Å²) in [7, 11) is 0. The van der Waals surface area contributed by atoms with E-state index in [-0.39, 0.29) is 11.8 Å². The standard InChI is InChI=1S/C20H15BrN4O2/c21-16-7-3-5-14(11-16)19(26)24-17-9-4-6-15(12-17)20(27)25-23-13-18-8-1-2-10-22-18/h1-13H,(H,24,26)(H,25,27)/b23-13-. The Morgan fingerprint density at radius 3 is 2.44 bits per heavy atom. The maximum absolute atomic E-state index is 12.3. The zero-order chi connectivity index (χ0) is 19.1. The molecule has 2 N–H and O–H groups in total. The summed E-state index contributed by atoms with van der Waals surface area (Å²) in [6.45, 7) is 0. The summed E-state index contributed by atoms with van der Waals surface area (Å²) in [6, 6.07) is 19.1. The highest BCUT2D eigenvalue weighted by Gasteiger charge is 2.09. The second kappa shape index (κ2) is 8.86. The molecule has 0 unspecified atom stereocenters. The number of hydrogen-bond acceptors (Lipinski definition) is 4. The van der Waals surface area contributed by atoms with Crippen LogP contribution in [0, 0.1) is 0 Å². The minimum Gasteiger partial charge on any atom is -0.322 e. The van der Waals surface area contributed by atoms with Gasteiger partial charge in [0.25, 0.3) is 11.8 Å². The monoisotopic (exact) mass is 422 g/mol. The maximum Gasteiger partial charge on any atom is 0.271 e. The molecule has 1 heterocycles. The summed E-state index contributed by atoms with van der Waals surface area (Å²) in [5, 5.41) is 6.66. The minimum absolute atomic E-state index is 0.262. The smallest absolute Gasteiger partial charge is 0.271 e. The molecular weight excluding hydrogens is 408 g/mol. The lowest BCUT2D eigenvalue weighted by Gasteiger charge is -2.07. The lowest BCUT2D eigenvalue weighted by atomic mass is 10.1. The molecule has 0 aliphatic rings. The fourth-order valence-corrected chi connectivity index (χ4v) is 2.64. The van der Waals surface area contributed by atoms with Gasteiger partial charge in [0.2, 0.25) is 0 Å². The van der Waals surface area contributed by atoms with Crippen LogP contribution in [0.15, 0.2) is 82.5 Å². The quantitative estimate of drug-likeness (QED) is 0.483. The van der Waals surface area contributed by atoms with Crippen molar-refractivity contribution in [3.8, 4) is 0 Å². The molecule has 0 fully saturated rings. The van der Waals surface area contributed by atoms with Crippen molar-refractivity contribution in [3.63, 3.8) is 0 Å². The molecule has 0 spiro atoms. The number of benzene rings is 2. The van der Waals surface area contributed by atoms with Gasteiger partial charge in [-0.05, 0) is 48.5 Å². The number of anilines is 1. The van der Waals surface area contributed by atoms with Crippen LogP contribution in [0.2, 0.25) is 0 Å². The van der Waals surface area contributed by atoms with Crippen LogP contribution in [0.1, 0.15) is 26.4 Å². The number of aromatic nitrogens is 1. The number of carbonyl (C=O) groups is 2. The first kappa shape index (κ1) is 18.5. The van der Waals surface area contributed by atoms with Gasteiger partial charge in [-0.2, -0.15) is 5.10 Å². The highest BCUT2D eigenvalue weighted by atomic mass is 79.9. The van der Waals surface area contributed by atoms with E-state index in [1.54, 1.807) is 60.8 Å². The van der Waals surface area contributed by atoms with E-state index in [1.807, 2.05) is 12.1 Å². The third kappa shape index (κ3) is 5.32. The van der Waals surface area contributed by atoms with Gasteiger partial charge in [0, 0.05) is 27.5 Å². The van der Waals surface area contributed by atoms with Crippen molar-refractivity contribution < 1.29 is 9.59 Å². The van der Waals surface area contributed by atoms with Gasteiger partial charge in [-0.15, -0.1) is 0 Å². The number of halogens is 1. The van der Waals surface area contributed by atoms with Gasteiger partial charge in [-0.3, -0.25) is 14.6 Å². The molecule has 6 nitrogen and oxygen atoms in total. The molecule has 7 heteroatoms. The number of hydrazone groups is 1. The van der Waals surface area contributed by atoms with Crippen molar-refractivity contribution in [1.29, 1.82) is 0 Å². The topological polar surface area (TPSA) is 83.4 Å². The van der Waals surface area contributed by atoms with Crippen LogP contribution in [-0.4, -0.2) is 23.0 Å². The SMILES string of the molecule is O=C(N/N=C\c1ccccn1)c1cccc(NC(=O)c2cccc(Br)c2)c1. The average Bonchev–Trinajstić information content (AvgIpc) is 2.69. The van der Waals surface area contributed by atoms with Crippen molar-refractivity contribution >= 4 is 39.6 Å². The van der Waals surface area contributed by atoms with Crippen LogP contribution >= 0.6 is 15.9 Å². The number of hydrogen-bond donors (Lipinski definition) is 2. The Morgan fingerprint density at radius 1 is 0.926 bits per heavy atom. The van der Waals surface area contributed by atoms with E-state index in [9.17, 15) is 9.59 Å². The second-order valence-corrected chi connectivity index (χ2v) is 6.41. The molecule has 0 radical (unpaired) electrons. The van der Waals surface area contributed by atoms with E-state index in [1.165, 1.54) is 6.21 Å². The molecule has 3 rings (SSSR count). The average molecular weight is 423 g/mol. The van der Waals surface area contributed by atoms with Crippen molar-refractivity contribution in [3.05, 3.63) is 94.2 Å². The number of carbonyl (C=O) groups excluding carboxylic acids is 2. The first-order valence-electron chi connectivity index (χ1n) is 8.03. The molecule has 2 amide bonds. The summed E-state index contributed by atoms with van der Waals surface area (Å²) in [5.74, 6) is -0.650. The van der Waals surface area contributed by atoms with Crippen molar-refractivity contribution in [2.45, 2.75) is 0 Å². The molecule has 0 aliphatic heterocycles. The van der Waals surface area contributed by atoms with Crippen molar-refractivity contribution in [2.75, 3.05) is 5.32 Å². The van der Waals surface area contributed by atoms with Gasteiger partial charge in [-0.1, -0.05) is 34.1 Å². The van der Waals surface area contributed by atoms with Gasteiger partial charge in [0.15, 0.2) is 0 Å². The third-order valence-electron chi connectivity index (χ3n) is 3.52. The van der Waals surface area contributed by atoms with E-state index in [2.05, 4.69) is 36.8 Å². The maximum atomic E-state index is 12.3. The van der Waals surface area contributed by atoms with E-state index in [0.717, 1.165) is 4.47 Å². The summed E-state index contributed by atoms with van der Waals surface area (Å²) in [6.07, 6.45) is 3.09. The summed E-state index contributed by atoms with van der Waals surface area (Å²) in [5.41, 5.74) is 4.47. The Morgan fingerprint density at radius 2 is 1.70 bits per heavy atom. The third-order valence-corrected chi connectivity index (χ3v) is 4.01. The number of amides is 2. The molecule has 3 aromatic rings. The van der Waals surface area contributed by atoms with Gasteiger partial charge in [-0.25, -0.2) is 5.43 Å². The van der Waals surface area contributed by atoms with Gasteiger partial charge < -0.3 is 5.32 Å². The molecular formula is C20H15BrN4O2. The van der Waals surface area contributed by atoms with Crippen molar-refractivity contribution in [1.82, 2.24) is 10.4 Å². The Bertz CT molecular complexity index is 990. The Labute approximate surface area is 164 Å². The summed E-state index contributed by atoms with van der Waals surface area (Å²) < 4.78 is 0.814. The molecule has 0 atom stereocenters. The molecule has 0 saturated heterocycles. The Balaban J connectivity index is 1.65. The lowest BCUT2D eigenvalue weighted by Crippen LogP contribution is -2.18. The van der Waals surface area contributed by atoms with Crippen LogP contribution in [0.4, 0.5) is 5.69 Å². The van der Waals surface area contributed by atoms with Crippen molar-refractivity contribution in [2.24, 2.45) is 5.10 Å². The van der Waals surface area contributed by atoms with Gasteiger partial charge >= 0.3 is 0 Å². The van der Waals surface area contributed by atoms with Crippen LogP contribution < -0.4 is 10.7 Å². The lowest BCUT2D eigenvalue weighted by molar-refractivity contribution is 0.0953. The molecule has 27 heavy (non-hydrogen) atoms. The zero-order valence-corrected chi connectivity index (χ0v) is 15.7. The Hall–Kier alpha value is -3.32. The highest BCUT2D eigenvalue weighted by Crippen LogP contribution is 2.15. The van der Waals surface area contributed by atoms with E-state index in [0.29, 0.717) is 22.5 Å². The predicted octanol–water partition coefficient (Wildman–Crippen LogP) is 3.86. The van der Waals surface area contributed by atoms with E-state index < -0.39 is 0 Å². The van der Waals surface area contributed by atoms with E-state index >= 15 is 0 Å². The second-order valence-electron chi connectivity index (χ2n) is 5.50.